The average Bonchev–Trinajstić information content (AvgIpc) is 2.06. The van der Waals surface area contributed by atoms with Gasteiger partial charge in [0.2, 0.25) is 0 Å². The zero-order valence-electron chi connectivity index (χ0n) is 6.13. The van der Waals surface area contributed by atoms with Crippen molar-refractivity contribution < 1.29 is 0 Å². The summed E-state index contributed by atoms with van der Waals surface area (Å²) in [6, 6.07) is 4.09. The molecule has 1 aliphatic rings. The molecule has 0 aromatic heterocycles. The van der Waals surface area contributed by atoms with Gasteiger partial charge in [0.25, 0.3) is 0 Å². The molecular formula is C7H10ClN3. The van der Waals surface area contributed by atoms with Gasteiger partial charge in [-0.15, -0.1) is 12.4 Å². The molecule has 3 nitrogen and oxygen atoms in total. The van der Waals surface area contributed by atoms with Crippen LogP contribution in [0.1, 0.15) is 12.8 Å². The predicted molar refractivity (Wildman–Crippen MR) is 43.0 cm³/mol. The fourth-order valence-corrected chi connectivity index (χ4v) is 1.12. The molecule has 1 heterocycles. The standard InChI is InChI=1S/C7H9N3.ClH/c8-4-7(5-9)2-1-3-10-6-7;/h10H,1-3,6H2;1H. The van der Waals surface area contributed by atoms with Crippen LogP contribution < -0.4 is 5.32 Å². The zero-order chi connectivity index (χ0) is 7.45. The highest BCUT2D eigenvalue weighted by molar-refractivity contribution is 5.85. The summed E-state index contributed by atoms with van der Waals surface area (Å²) in [6.07, 6.45) is 1.65. The predicted octanol–water partition coefficient (Wildman–Crippen LogP) is 0.825. The Balaban J connectivity index is 0.000001000. The normalized spacial score (nSPS) is 20.5. The molecule has 0 atom stereocenters. The third-order valence-electron chi connectivity index (χ3n) is 1.81. The Morgan fingerprint density at radius 3 is 2.18 bits per heavy atom. The molecule has 0 aromatic rings. The van der Waals surface area contributed by atoms with Crippen molar-refractivity contribution in [2.75, 3.05) is 13.1 Å². The molecule has 0 saturated carbocycles. The van der Waals surface area contributed by atoms with Crippen LogP contribution in [0.15, 0.2) is 0 Å². The molecule has 0 spiro atoms. The molecule has 0 amide bonds. The lowest BCUT2D eigenvalue weighted by molar-refractivity contribution is 0.366. The van der Waals surface area contributed by atoms with Crippen LogP contribution in [0.5, 0.6) is 0 Å². The van der Waals surface area contributed by atoms with E-state index in [1.54, 1.807) is 0 Å². The van der Waals surface area contributed by atoms with E-state index in [0.717, 1.165) is 13.0 Å². The van der Waals surface area contributed by atoms with Crippen LogP contribution in [0.2, 0.25) is 0 Å². The van der Waals surface area contributed by atoms with Gasteiger partial charge in [-0.05, 0) is 19.4 Å². The first-order chi connectivity index (χ1) is 4.83. The van der Waals surface area contributed by atoms with Gasteiger partial charge in [0.1, 0.15) is 0 Å². The molecule has 4 heteroatoms. The van der Waals surface area contributed by atoms with Crippen molar-refractivity contribution in [1.82, 2.24) is 5.32 Å². The van der Waals surface area contributed by atoms with E-state index in [1.165, 1.54) is 0 Å². The topological polar surface area (TPSA) is 59.6 Å². The summed E-state index contributed by atoms with van der Waals surface area (Å²) in [5, 5.41) is 20.3. The lowest BCUT2D eigenvalue weighted by atomic mass is 9.84. The van der Waals surface area contributed by atoms with Gasteiger partial charge in [0.05, 0.1) is 12.1 Å². The molecule has 0 aromatic carbocycles. The fraction of sp³-hybridized carbons (Fsp3) is 0.714. The Kier molecular flexibility index (Phi) is 3.89. The van der Waals surface area contributed by atoms with Gasteiger partial charge < -0.3 is 5.32 Å². The molecular weight excluding hydrogens is 162 g/mol. The van der Waals surface area contributed by atoms with Crippen LogP contribution in [0.4, 0.5) is 0 Å². The smallest absolute Gasteiger partial charge is 0.156 e. The van der Waals surface area contributed by atoms with E-state index >= 15 is 0 Å². The van der Waals surface area contributed by atoms with Gasteiger partial charge >= 0.3 is 0 Å². The van der Waals surface area contributed by atoms with Crippen molar-refractivity contribution >= 4 is 12.4 Å². The summed E-state index contributed by atoms with van der Waals surface area (Å²) in [5.74, 6) is 0. The maximum absolute atomic E-state index is 8.63. The molecule has 0 bridgehead atoms. The molecule has 60 valence electrons. The van der Waals surface area contributed by atoms with Gasteiger partial charge in [-0.2, -0.15) is 10.5 Å². The molecule has 1 rings (SSSR count). The largest absolute Gasteiger partial charge is 0.314 e. The second-order valence-corrected chi connectivity index (χ2v) is 2.59. The molecule has 1 aliphatic heterocycles. The third kappa shape index (κ3) is 2.08. The minimum Gasteiger partial charge on any atom is -0.314 e. The van der Waals surface area contributed by atoms with Gasteiger partial charge in [-0.3, -0.25) is 0 Å². The Hall–Kier alpha value is -0.770. The molecule has 11 heavy (non-hydrogen) atoms. The van der Waals surface area contributed by atoms with E-state index in [9.17, 15) is 0 Å². The first kappa shape index (κ1) is 10.2. The zero-order valence-corrected chi connectivity index (χ0v) is 6.95. The number of halogens is 1. The highest BCUT2D eigenvalue weighted by Crippen LogP contribution is 2.23. The van der Waals surface area contributed by atoms with E-state index in [0.29, 0.717) is 13.0 Å². The lowest BCUT2D eigenvalue weighted by Gasteiger charge is -2.23. The van der Waals surface area contributed by atoms with Gasteiger partial charge in [-0.1, -0.05) is 0 Å². The second kappa shape index (κ2) is 4.18. The van der Waals surface area contributed by atoms with Crippen LogP contribution in [0.3, 0.4) is 0 Å². The first-order valence-electron chi connectivity index (χ1n) is 3.36. The fourth-order valence-electron chi connectivity index (χ4n) is 1.12. The van der Waals surface area contributed by atoms with E-state index in [2.05, 4.69) is 5.32 Å². The quantitative estimate of drug-likeness (QED) is 0.587. The van der Waals surface area contributed by atoms with Crippen LogP contribution in [0, 0.1) is 28.1 Å². The third-order valence-corrected chi connectivity index (χ3v) is 1.81. The first-order valence-corrected chi connectivity index (χ1v) is 3.36. The molecule has 1 N–H and O–H groups in total. The number of hydrogen-bond donors (Lipinski definition) is 1. The van der Waals surface area contributed by atoms with E-state index in [4.69, 9.17) is 10.5 Å². The maximum Gasteiger partial charge on any atom is 0.156 e. The van der Waals surface area contributed by atoms with Crippen LogP contribution in [-0.4, -0.2) is 13.1 Å². The Morgan fingerprint density at radius 1 is 1.27 bits per heavy atom. The van der Waals surface area contributed by atoms with Crippen molar-refractivity contribution in [1.29, 1.82) is 10.5 Å². The van der Waals surface area contributed by atoms with Crippen molar-refractivity contribution in [3.63, 3.8) is 0 Å². The van der Waals surface area contributed by atoms with Crippen LogP contribution >= 0.6 is 12.4 Å². The average molecular weight is 172 g/mol. The summed E-state index contributed by atoms with van der Waals surface area (Å²) < 4.78 is 0. The minimum atomic E-state index is -0.738. The number of piperidine rings is 1. The highest BCUT2D eigenvalue weighted by atomic mass is 35.5. The molecule has 0 aliphatic carbocycles. The van der Waals surface area contributed by atoms with Gasteiger partial charge in [0.15, 0.2) is 5.41 Å². The monoisotopic (exact) mass is 171 g/mol. The molecule has 0 unspecified atom stereocenters. The summed E-state index contributed by atoms with van der Waals surface area (Å²) in [6.45, 7) is 1.46. The second-order valence-electron chi connectivity index (χ2n) is 2.59. The van der Waals surface area contributed by atoms with Gasteiger partial charge in [-0.25, -0.2) is 0 Å². The van der Waals surface area contributed by atoms with Crippen molar-refractivity contribution in [2.45, 2.75) is 12.8 Å². The Morgan fingerprint density at radius 2 is 1.91 bits per heavy atom. The Bertz CT molecular complexity index is 179. The maximum atomic E-state index is 8.63. The van der Waals surface area contributed by atoms with E-state index in [1.807, 2.05) is 12.1 Å². The van der Waals surface area contributed by atoms with Crippen LogP contribution in [0.25, 0.3) is 0 Å². The molecule has 1 fully saturated rings. The number of nitriles is 2. The summed E-state index contributed by atoms with van der Waals surface area (Å²) in [4.78, 5) is 0. The lowest BCUT2D eigenvalue weighted by Crippen LogP contribution is -2.37. The van der Waals surface area contributed by atoms with Gasteiger partial charge in [0, 0.05) is 6.54 Å². The number of nitrogens with zero attached hydrogens (tertiary/aromatic N) is 2. The van der Waals surface area contributed by atoms with Crippen LogP contribution in [-0.2, 0) is 0 Å². The summed E-state index contributed by atoms with van der Waals surface area (Å²) >= 11 is 0. The van der Waals surface area contributed by atoms with E-state index < -0.39 is 5.41 Å². The van der Waals surface area contributed by atoms with Crippen molar-refractivity contribution in [2.24, 2.45) is 5.41 Å². The summed E-state index contributed by atoms with van der Waals surface area (Å²) in [7, 11) is 0. The Labute approximate surface area is 72.4 Å². The van der Waals surface area contributed by atoms with Crippen molar-refractivity contribution in [3.8, 4) is 12.1 Å². The van der Waals surface area contributed by atoms with E-state index in [-0.39, 0.29) is 12.4 Å². The highest BCUT2D eigenvalue weighted by Gasteiger charge is 2.31. The minimum absolute atomic E-state index is 0. The SMILES string of the molecule is Cl.N#CC1(C#N)CCCNC1. The number of rotatable bonds is 0. The van der Waals surface area contributed by atoms with Crippen molar-refractivity contribution in [3.05, 3.63) is 0 Å². The summed E-state index contributed by atoms with van der Waals surface area (Å²) in [5.41, 5.74) is -0.738. The molecule has 0 radical (unpaired) electrons. The number of nitrogens with one attached hydrogen (secondary N) is 1. The molecule has 1 saturated heterocycles. The number of hydrogen-bond acceptors (Lipinski definition) is 3.